The fourth-order valence-corrected chi connectivity index (χ4v) is 2.93. The zero-order chi connectivity index (χ0) is 15.5. The van der Waals surface area contributed by atoms with Crippen molar-refractivity contribution < 1.29 is 14.9 Å². The van der Waals surface area contributed by atoms with Crippen molar-refractivity contribution in [1.29, 1.82) is 0 Å². The SMILES string of the molecule is CCCOc1cccc2c(NC3C[C@@H](O)[C@@H](O)C3)ccnc12. The molecule has 5 nitrogen and oxygen atoms in total. The van der Waals surface area contributed by atoms with Crippen LogP contribution in [0, 0.1) is 0 Å². The monoisotopic (exact) mass is 302 g/mol. The molecular weight excluding hydrogens is 280 g/mol. The van der Waals surface area contributed by atoms with E-state index in [1.165, 1.54) is 0 Å². The van der Waals surface area contributed by atoms with Gasteiger partial charge in [0.05, 0.1) is 18.8 Å². The second kappa shape index (κ2) is 6.50. The Bertz CT molecular complexity index is 637. The van der Waals surface area contributed by atoms with Gasteiger partial charge >= 0.3 is 0 Å². The Labute approximate surface area is 129 Å². The molecule has 0 amide bonds. The number of ether oxygens (including phenoxy) is 1. The third-order valence-corrected chi connectivity index (χ3v) is 4.05. The molecule has 22 heavy (non-hydrogen) atoms. The standard InChI is InChI=1S/C17H22N2O3/c1-2-8-22-16-5-3-4-12-13(6-7-18-17(12)16)19-11-9-14(20)15(21)10-11/h3-7,11,14-15,20-21H,2,8-10H2,1H3,(H,18,19)/t11?,14-,15+. The van der Waals surface area contributed by atoms with Gasteiger partial charge in [0.1, 0.15) is 11.3 Å². The number of hydrogen-bond donors (Lipinski definition) is 3. The van der Waals surface area contributed by atoms with E-state index in [1.807, 2.05) is 24.3 Å². The second-order valence-electron chi connectivity index (χ2n) is 5.81. The van der Waals surface area contributed by atoms with Gasteiger partial charge in [-0.15, -0.1) is 0 Å². The van der Waals surface area contributed by atoms with E-state index in [9.17, 15) is 10.2 Å². The summed E-state index contributed by atoms with van der Waals surface area (Å²) in [6, 6.07) is 7.88. The van der Waals surface area contributed by atoms with E-state index in [0.29, 0.717) is 19.4 Å². The van der Waals surface area contributed by atoms with Crippen LogP contribution < -0.4 is 10.1 Å². The zero-order valence-corrected chi connectivity index (χ0v) is 12.7. The van der Waals surface area contributed by atoms with E-state index in [0.717, 1.165) is 28.8 Å². The van der Waals surface area contributed by atoms with Gasteiger partial charge in [-0.3, -0.25) is 4.98 Å². The van der Waals surface area contributed by atoms with Crippen LogP contribution in [0.15, 0.2) is 30.5 Å². The lowest BCUT2D eigenvalue weighted by molar-refractivity contribution is 0.0438. The molecule has 1 aromatic heterocycles. The van der Waals surface area contributed by atoms with E-state index in [4.69, 9.17) is 4.74 Å². The van der Waals surface area contributed by atoms with Crippen molar-refractivity contribution in [1.82, 2.24) is 4.98 Å². The summed E-state index contributed by atoms with van der Waals surface area (Å²) in [5.74, 6) is 0.787. The number of hydrogen-bond acceptors (Lipinski definition) is 5. The molecule has 118 valence electrons. The summed E-state index contributed by atoms with van der Waals surface area (Å²) in [5.41, 5.74) is 1.79. The minimum Gasteiger partial charge on any atom is -0.491 e. The lowest BCUT2D eigenvalue weighted by Crippen LogP contribution is -2.17. The van der Waals surface area contributed by atoms with Crippen LogP contribution in [0.3, 0.4) is 0 Å². The van der Waals surface area contributed by atoms with Gasteiger partial charge in [0.15, 0.2) is 0 Å². The maximum Gasteiger partial charge on any atom is 0.145 e. The Morgan fingerprint density at radius 1 is 1.23 bits per heavy atom. The van der Waals surface area contributed by atoms with Crippen molar-refractivity contribution in [3.63, 3.8) is 0 Å². The van der Waals surface area contributed by atoms with E-state index >= 15 is 0 Å². The van der Waals surface area contributed by atoms with Crippen molar-refractivity contribution in [2.75, 3.05) is 11.9 Å². The molecule has 3 rings (SSSR count). The molecule has 1 saturated carbocycles. The Hall–Kier alpha value is -1.85. The van der Waals surface area contributed by atoms with Crippen LogP contribution >= 0.6 is 0 Å². The number of para-hydroxylation sites is 1. The summed E-state index contributed by atoms with van der Waals surface area (Å²) in [6.07, 6.45) is 2.52. The van der Waals surface area contributed by atoms with Gasteiger partial charge < -0.3 is 20.3 Å². The van der Waals surface area contributed by atoms with Crippen molar-refractivity contribution >= 4 is 16.6 Å². The molecule has 3 atom stereocenters. The summed E-state index contributed by atoms with van der Waals surface area (Å²) in [6.45, 7) is 2.74. The first-order valence-corrected chi connectivity index (χ1v) is 7.82. The molecule has 1 heterocycles. The molecule has 2 aromatic rings. The van der Waals surface area contributed by atoms with Crippen LogP contribution in [-0.4, -0.2) is 40.1 Å². The second-order valence-corrected chi connectivity index (χ2v) is 5.81. The summed E-state index contributed by atoms with van der Waals surface area (Å²) in [4.78, 5) is 4.44. The van der Waals surface area contributed by atoms with Crippen molar-refractivity contribution in [3.8, 4) is 5.75 Å². The zero-order valence-electron chi connectivity index (χ0n) is 12.7. The summed E-state index contributed by atoms with van der Waals surface area (Å²) in [7, 11) is 0. The molecule has 1 fully saturated rings. The highest BCUT2D eigenvalue weighted by molar-refractivity contribution is 5.94. The van der Waals surface area contributed by atoms with Gasteiger partial charge in [-0.2, -0.15) is 0 Å². The molecule has 3 N–H and O–H groups in total. The third-order valence-electron chi connectivity index (χ3n) is 4.05. The van der Waals surface area contributed by atoms with Crippen LogP contribution in [0.2, 0.25) is 0 Å². The predicted molar refractivity (Wildman–Crippen MR) is 86.2 cm³/mol. The molecule has 0 aliphatic heterocycles. The summed E-state index contributed by atoms with van der Waals surface area (Å²) in [5, 5.41) is 23.8. The lowest BCUT2D eigenvalue weighted by atomic mass is 10.1. The van der Waals surface area contributed by atoms with Crippen molar-refractivity contribution in [2.24, 2.45) is 0 Å². The molecular formula is C17H22N2O3. The Morgan fingerprint density at radius 3 is 2.73 bits per heavy atom. The number of anilines is 1. The highest BCUT2D eigenvalue weighted by Gasteiger charge is 2.31. The molecule has 0 bridgehead atoms. The average Bonchev–Trinajstić information content (AvgIpc) is 2.83. The number of nitrogens with one attached hydrogen (secondary N) is 1. The van der Waals surface area contributed by atoms with E-state index in [2.05, 4.69) is 17.2 Å². The quantitative estimate of drug-likeness (QED) is 0.790. The van der Waals surface area contributed by atoms with Gasteiger partial charge in [-0.25, -0.2) is 0 Å². The normalized spacial score (nSPS) is 24.6. The molecule has 5 heteroatoms. The average molecular weight is 302 g/mol. The van der Waals surface area contributed by atoms with Crippen LogP contribution in [0.5, 0.6) is 5.75 Å². The Balaban J connectivity index is 1.87. The highest BCUT2D eigenvalue weighted by Crippen LogP contribution is 2.31. The number of aliphatic hydroxyl groups excluding tert-OH is 2. The van der Waals surface area contributed by atoms with Gasteiger partial charge in [0.2, 0.25) is 0 Å². The topological polar surface area (TPSA) is 74.6 Å². The summed E-state index contributed by atoms with van der Waals surface area (Å²) < 4.78 is 5.76. The minimum absolute atomic E-state index is 0.0656. The van der Waals surface area contributed by atoms with Crippen molar-refractivity contribution in [2.45, 2.75) is 44.4 Å². The lowest BCUT2D eigenvalue weighted by Gasteiger charge is -2.16. The van der Waals surface area contributed by atoms with Crippen molar-refractivity contribution in [3.05, 3.63) is 30.5 Å². The maximum atomic E-state index is 9.68. The Morgan fingerprint density at radius 2 is 2.00 bits per heavy atom. The first kappa shape index (κ1) is 15.1. The third kappa shape index (κ3) is 3.00. The number of aliphatic hydroxyl groups is 2. The van der Waals surface area contributed by atoms with Gasteiger partial charge in [-0.1, -0.05) is 19.1 Å². The van der Waals surface area contributed by atoms with Crippen LogP contribution in [0.4, 0.5) is 5.69 Å². The van der Waals surface area contributed by atoms with E-state index in [1.54, 1.807) is 6.20 Å². The largest absolute Gasteiger partial charge is 0.491 e. The van der Waals surface area contributed by atoms with Crippen LogP contribution in [0.25, 0.3) is 10.9 Å². The fraction of sp³-hybridized carbons (Fsp3) is 0.471. The molecule has 0 saturated heterocycles. The minimum atomic E-state index is -0.644. The molecule has 0 spiro atoms. The van der Waals surface area contributed by atoms with E-state index < -0.39 is 12.2 Å². The van der Waals surface area contributed by atoms with Crippen LogP contribution in [0.1, 0.15) is 26.2 Å². The van der Waals surface area contributed by atoms with Gasteiger partial charge in [0.25, 0.3) is 0 Å². The van der Waals surface area contributed by atoms with E-state index in [-0.39, 0.29) is 6.04 Å². The summed E-state index contributed by atoms with van der Waals surface area (Å²) >= 11 is 0. The Kier molecular flexibility index (Phi) is 4.45. The van der Waals surface area contributed by atoms with Gasteiger partial charge in [0, 0.05) is 23.3 Å². The molecule has 1 aromatic carbocycles. The fourth-order valence-electron chi connectivity index (χ4n) is 2.93. The first-order chi connectivity index (χ1) is 10.7. The number of aromatic nitrogens is 1. The maximum absolute atomic E-state index is 9.68. The van der Waals surface area contributed by atoms with Crippen LogP contribution in [-0.2, 0) is 0 Å². The highest BCUT2D eigenvalue weighted by atomic mass is 16.5. The van der Waals surface area contributed by atoms with Gasteiger partial charge in [-0.05, 0) is 31.4 Å². The number of nitrogens with zero attached hydrogens (tertiary/aromatic N) is 1. The number of benzene rings is 1. The number of rotatable bonds is 5. The number of fused-ring (bicyclic) bond motifs is 1. The molecule has 1 aliphatic carbocycles. The molecule has 1 unspecified atom stereocenters. The first-order valence-electron chi connectivity index (χ1n) is 7.82. The predicted octanol–water partition coefficient (Wildman–Crippen LogP) is 2.32. The number of pyridine rings is 1. The molecule has 0 radical (unpaired) electrons. The smallest absolute Gasteiger partial charge is 0.145 e. The molecule has 1 aliphatic rings.